The number of halogens is 2. The maximum Gasteiger partial charge on any atom is 0.148 e. The van der Waals surface area contributed by atoms with Crippen LogP contribution >= 0.6 is 0 Å². The van der Waals surface area contributed by atoms with Gasteiger partial charge in [-0.05, 0) is 139 Å². The van der Waals surface area contributed by atoms with Crippen LogP contribution in [0, 0.1) is 11.6 Å². The fraction of sp³-hybridized carbons (Fsp3) is 0. The molecule has 1 aliphatic rings. The van der Waals surface area contributed by atoms with Crippen molar-refractivity contribution >= 4 is 66.4 Å². The van der Waals surface area contributed by atoms with Crippen molar-refractivity contribution < 1.29 is 13.5 Å². The average Bonchev–Trinajstić information content (AvgIpc) is 3.61. The van der Waals surface area contributed by atoms with Crippen molar-refractivity contribution in [2.24, 2.45) is 0 Å². The van der Waals surface area contributed by atoms with Gasteiger partial charge in [0.15, 0.2) is 0 Å². The molecule has 0 unspecified atom stereocenters. The standard InChI is InChI=1S/C72H46F2N2O/c73-65-42-51(47-22-7-1-8-23-47)40-60(49-26-11-3-12-27-49)71(65)75(53-30-15-5-16-31-53)55-38-39-58-64-45-62-56-34-19-20-35-57(56)67(46-63(62)59-36-21-37-68(70(59)64)77-69(58)44-55)76(54-32-17-6-18-33-54)72-61(50-28-13-4-14-29-50)41-52(43-66(72)74)48-24-9-2-10-25-48/h1-46H. The monoisotopic (exact) mass is 992 g/mol. The summed E-state index contributed by atoms with van der Waals surface area (Å²) in [6.45, 7) is 0. The van der Waals surface area contributed by atoms with Gasteiger partial charge in [0.2, 0.25) is 0 Å². The van der Waals surface area contributed by atoms with E-state index in [1.54, 1.807) is 12.1 Å². The lowest BCUT2D eigenvalue weighted by molar-refractivity contribution is 0.487. The van der Waals surface area contributed by atoms with Gasteiger partial charge >= 0.3 is 0 Å². The number of ether oxygens (including phenoxy) is 1. The minimum Gasteiger partial charge on any atom is -0.456 e. The predicted octanol–water partition coefficient (Wildman–Crippen LogP) is 20.8. The molecule has 14 rings (SSSR count). The van der Waals surface area contributed by atoms with Gasteiger partial charge in [0, 0.05) is 44.9 Å². The third kappa shape index (κ3) is 7.96. The smallest absolute Gasteiger partial charge is 0.148 e. The van der Waals surface area contributed by atoms with E-state index in [2.05, 4.69) is 71.6 Å². The summed E-state index contributed by atoms with van der Waals surface area (Å²) in [5.41, 5.74) is 12.8. The van der Waals surface area contributed by atoms with E-state index in [0.717, 1.165) is 111 Å². The van der Waals surface area contributed by atoms with Gasteiger partial charge in [0.25, 0.3) is 0 Å². The molecule has 0 fully saturated rings. The number of para-hydroxylation sites is 2. The number of hydrogen-bond acceptors (Lipinski definition) is 3. The van der Waals surface area contributed by atoms with E-state index in [1.165, 1.54) is 0 Å². The van der Waals surface area contributed by atoms with E-state index in [9.17, 15) is 0 Å². The van der Waals surface area contributed by atoms with E-state index in [1.807, 2.05) is 205 Å². The number of anilines is 6. The molecule has 0 radical (unpaired) electrons. The second kappa shape index (κ2) is 19.0. The molecule has 364 valence electrons. The zero-order chi connectivity index (χ0) is 51.4. The highest BCUT2D eigenvalue weighted by molar-refractivity contribution is 6.26. The fourth-order valence-electron chi connectivity index (χ4n) is 11.4. The quantitative estimate of drug-likeness (QED) is 0.127. The molecule has 13 aromatic rings. The predicted molar refractivity (Wildman–Crippen MR) is 315 cm³/mol. The van der Waals surface area contributed by atoms with Gasteiger partial charge in [0.1, 0.15) is 23.1 Å². The molecule has 0 saturated carbocycles. The van der Waals surface area contributed by atoms with Crippen LogP contribution in [0.25, 0.3) is 88.0 Å². The van der Waals surface area contributed by atoms with Crippen molar-refractivity contribution in [1.29, 1.82) is 0 Å². The summed E-state index contributed by atoms with van der Waals surface area (Å²) in [4.78, 5) is 4.10. The highest BCUT2D eigenvalue weighted by Crippen LogP contribution is 2.54. The Hall–Kier alpha value is -10.1. The molecule has 5 heteroatoms. The lowest BCUT2D eigenvalue weighted by Crippen LogP contribution is -2.14. The number of fused-ring (bicyclic) bond motifs is 6. The van der Waals surface area contributed by atoms with Gasteiger partial charge in [-0.15, -0.1) is 0 Å². The molecular formula is C72H46F2N2O. The molecular weight excluding hydrogens is 947 g/mol. The van der Waals surface area contributed by atoms with Gasteiger partial charge in [-0.2, -0.15) is 0 Å². The van der Waals surface area contributed by atoms with E-state index in [4.69, 9.17) is 4.74 Å². The third-order valence-electron chi connectivity index (χ3n) is 14.9. The largest absolute Gasteiger partial charge is 0.456 e. The Balaban J connectivity index is 0.968. The normalized spacial score (nSPS) is 11.6. The Morgan fingerprint density at radius 2 is 0.714 bits per heavy atom. The van der Waals surface area contributed by atoms with Crippen molar-refractivity contribution in [2.75, 3.05) is 9.80 Å². The van der Waals surface area contributed by atoms with Crippen LogP contribution in [-0.4, -0.2) is 0 Å². The van der Waals surface area contributed by atoms with E-state index >= 15 is 8.78 Å². The number of benzene rings is 13. The van der Waals surface area contributed by atoms with Crippen molar-refractivity contribution in [2.45, 2.75) is 0 Å². The van der Waals surface area contributed by atoms with Crippen molar-refractivity contribution in [3.63, 3.8) is 0 Å². The summed E-state index contributed by atoms with van der Waals surface area (Å²) in [6, 6.07) is 93.0. The molecule has 0 aromatic heterocycles. The van der Waals surface area contributed by atoms with E-state index < -0.39 is 0 Å². The SMILES string of the molecule is Fc1cc(-c2ccccc2)cc(-c2ccccc2)c1N(c1ccccc1)c1ccc2c(c1)Oc1cccc3c1c-2cc1c2ccccc2c(N(c2ccccc2)c2c(F)cc(-c4ccccc4)cc2-c2ccccc2)cc31. The van der Waals surface area contributed by atoms with E-state index in [-0.39, 0.29) is 11.6 Å². The minimum atomic E-state index is -0.352. The Kier molecular flexibility index (Phi) is 11.2. The number of nitrogens with zero attached hydrogens (tertiary/aromatic N) is 2. The average molecular weight is 993 g/mol. The Morgan fingerprint density at radius 1 is 0.260 bits per heavy atom. The minimum absolute atomic E-state index is 0.339. The molecule has 0 saturated heterocycles. The molecule has 0 atom stereocenters. The first-order chi connectivity index (χ1) is 38.0. The summed E-state index contributed by atoms with van der Waals surface area (Å²) < 4.78 is 42.2. The fourth-order valence-corrected chi connectivity index (χ4v) is 11.4. The highest BCUT2D eigenvalue weighted by atomic mass is 19.1. The zero-order valence-electron chi connectivity index (χ0n) is 41.6. The van der Waals surface area contributed by atoms with Crippen LogP contribution in [0.15, 0.2) is 279 Å². The Morgan fingerprint density at radius 3 is 1.27 bits per heavy atom. The maximum atomic E-state index is 17.8. The zero-order valence-corrected chi connectivity index (χ0v) is 41.6. The third-order valence-corrected chi connectivity index (χ3v) is 14.9. The molecule has 0 spiro atoms. The molecule has 1 aliphatic heterocycles. The topological polar surface area (TPSA) is 15.7 Å². The van der Waals surface area contributed by atoms with Crippen LogP contribution in [0.1, 0.15) is 0 Å². The summed E-state index contributed by atoms with van der Waals surface area (Å²) in [5.74, 6) is 0.676. The molecule has 0 aliphatic carbocycles. The highest BCUT2D eigenvalue weighted by Gasteiger charge is 2.30. The first-order valence-corrected chi connectivity index (χ1v) is 25.9. The summed E-state index contributed by atoms with van der Waals surface area (Å²) in [6.07, 6.45) is 0. The van der Waals surface area contributed by atoms with Gasteiger partial charge in [0.05, 0.1) is 22.7 Å². The molecule has 0 amide bonds. The molecule has 13 aromatic carbocycles. The van der Waals surface area contributed by atoms with Crippen LogP contribution in [0.2, 0.25) is 0 Å². The first kappa shape index (κ1) is 45.5. The van der Waals surface area contributed by atoms with Crippen molar-refractivity contribution in [3.8, 4) is 67.1 Å². The van der Waals surface area contributed by atoms with Crippen LogP contribution in [0.4, 0.5) is 42.9 Å². The molecule has 0 N–H and O–H groups in total. The number of rotatable bonds is 10. The second-order valence-corrected chi connectivity index (χ2v) is 19.4. The van der Waals surface area contributed by atoms with Gasteiger partial charge in [-0.1, -0.05) is 194 Å². The van der Waals surface area contributed by atoms with E-state index in [0.29, 0.717) is 22.9 Å². The summed E-state index contributed by atoms with van der Waals surface area (Å²) in [7, 11) is 0. The van der Waals surface area contributed by atoms with Crippen LogP contribution < -0.4 is 14.5 Å². The Labute approximate surface area is 445 Å². The molecule has 1 heterocycles. The lowest BCUT2D eigenvalue weighted by atomic mass is 9.88. The maximum absolute atomic E-state index is 17.8. The lowest BCUT2D eigenvalue weighted by Gasteiger charge is -2.31. The first-order valence-electron chi connectivity index (χ1n) is 25.9. The second-order valence-electron chi connectivity index (χ2n) is 19.4. The Bertz CT molecular complexity index is 4360. The van der Waals surface area contributed by atoms with Crippen molar-refractivity contribution in [1.82, 2.24) is 0 Å². The molecule has 3 nitrogen and oxygen atoms in total. The van der Waals surface area contributed by atoms with Crippen LogP contribution in [0.5, 0.6) is 11.5 Å². The van der Waals surface area contributed by atoms with Gasteiger partial charge < -0.3 is 14.5 Å². The van der Waals surface area contributed by atoms with Crippen LogP contribution in [0.3, 0.4) is 0 Å². The van der Waals surface area contributed by atoms with Crippen molar-refractivity contribution in [3.05, 3.63) is 291 Å². The molecule has 0 bridgehead atoms. The van der Waals surface area contributed by atoms with Crippen LogP contribution in [-0.2, 0) is 0 Å². The van der Waals surface area contributed by atoms with Gasteiger partial charge in [-0.3, -0.25) is 0 Å². The summed E-state index contributed by atoms with van der Waals surface area (Å²) >= 11 is 0. The summed E-state index contributed by atoms with van der Waals surface area (Å²) in [5, 5.41) is 6.03. The molecule has 77 heavy (non-hydrogen) atoms. The number of hydrogen-bond donors (Lipinski definition) is 0. The van der Waals surface area contributed by atoms with Gasteiger partial charge in [-0.25, -0.2) is 8.78 Å².